The van der Waals surface area contributed by atoms with Gasteiger partial charge < -0.3 is 33.5 Å². The molecule has 4 rings (SSSR count). The third kappa shape index (κ3) is 10.1. The van der Waals surface area contributed by atoms with E-state index in [1.807, 2.05) is 105 Å². The second-order valence-corrected chi connectivity index (χ2v) is 13.9. The molecule has 1 aromatic carbocycles. The molecule has 1 aromatic heterocycles. The number of hydrogen-bond acceptors (Lipinski definition) is 12. The highest BCUT2D eigenvalue weighted by atomic mass is 31.2. The fraction of sp³-hybridized carbons (Fsp3) is 0.471. The predicted octanol–water partition coefficient (Wildman–Crippen LogP) is 5.46. The SMILES string of the molecule is COc1ccc2c(c1)c(CCN(C)C)cn2CO[P+](O)(OCOC(=O)C1=CN(C(C)C)C=CC1)OCOC(=O)C1=CN(C(C)C)C=CC1. The van der Waals surface area contributed by atoms with E-state index in [-0.39, 0.29) is 18.8 Å². The molecular weight excluding hydrogens is 639 g/mol. The minimum absolute atomic E-state index is 0.157. The number of nitrogens with zero attached hydrogens (tertiary/aromatic N) is 4. The smallest absolute Gasteiger partial charge is 0.497 e. The molecule has 0 atom stereocenters. The summed E-state index contributed by atoms with van der Waals surface area (Å²) < 4.78 is 34.9. The first-order valence-corrected chi connectivity index (χ1v) is 17.4. The number of allylic oxidation sites excluding steroid dienone is 2. The van der Waals surface area contributed by atoms with Gasteiger partial charge in [-0.25, -0.2) is 9.59 Å². The van der Waals surface area contributed by atoms with Gasteiger partial charge >= 0.3 is 20.1 Å². The lowest BCUT2D eigenvalue weighted by molar-refractivity contribution is -0.150. The summed E-state index contributed by atoms with van der Waals surface area (Å²) in [6.07, 6.45) is 14.5. The molecule has 48 heavy (non-hydrogen) atoms. The van der Waals surface area contributed by atoms with E-state index < -0.39 is 33.7 Å². The predicted molar refractivity (Wildman–Crippen MR) is 183 cm³/mol. The Balaban J connectivity index is 1.47. The molecule has 0 saturated heterocycles. The molecule has 0 radical (unpaired) electrons. The molecule has 0 spiro atoms. The Morgan fingerprint density at radius 1 is 0.896 bits per heavy atom. The van der Waals surface area contributed by atoms with Crippen molar-refractivity contribution in [3.8, 4) is 5.75 Å². The summed E-state index contributed by atoms with van der Waals surface area (Å²) >= 11 is 0. The molecule has 2 aliphatic rings. The summed E-state index contributed by atoms with van der Waals surface area (Å²) in [5, 5.41) is 0.974. The molecule has 1 N–H and O–H groups in total. The van der Waals surface area contributed by atoms with Gasteiger partial charge in [0.2, 0.25) is 13.6 Å². The average molecular weight is 688 g/mol. The van der Waals surface area contributed by atoms with Crippen LogP contribution in [0.3, 0.4) is 0 Å². The van der Waals surface area contributed by atoms with E-state index >= 15 is 0 Å². The van der Waals surface area contributed by atoms with Gasteiger partial charge in [-0.05, 0) is 72.0 Å². The highest BCUT2D eigenvalue weighted by Crippen LogP contribution is 2.58. The number of carbonyl (C=O) groups excluding carboxylic acids is 2. The van der Waals surface area contributed by atoms with Gasteiger partial charge in [-0.3, -0.25) is 0 Å². The first-order valence-electron chi connectivity index (χ1n) is 15.9. The molecule has 0 saturated carbocycles. The first kappa shape index (κ1) is 37.1. The zero-order chi connectivity index (χ0) is 34.8. The van der Waals surface area contributed by atoms with Gasteiger partial charge in [0.1, 0.15) is 5.75 Å². The van der Waals surface area contributed by atoms with Crippen molar-refractivity contribution in [1.29, 1.82) is 0 Å². The Bertz CT molecular complexity index is 1490. The van der Waals surface area contributed by atoms with Gasteiger partial charge in [0, 0.05) is 67.9 Å². The topological polar surface area (TPSA) is 124 Å². The van der Waals surface area contributed by atoms with Gasteiger partial charge in [-0.2, -0.15) is 4.89 Å². The number of fused-ring (bicyclic) bond motifs is 1. The second-order valence-electron chi connectivity index (χ2n) is 12.2. The average Bonchev–Trinajstić information content (AvgIpc) is 3.43. The summed E-state index contributed by atoms with van der Waals surface area (Å²) in [7, 11) is 1.43. The summed E-state index contributed by atoms with van der Waals surface area (Å²) in [6, 6.07) is 6.01. The van der Waals surface area contributed by atoms with Crippen LogP contribution >= 0.6 is 8.17 Å². The lowest BCUT2D eigenvalue weighted by atomic mass is 10.1. The van der Waals surface area contributed by atoms with E-state index in [9.17, 15) is 14.5 Å². The molecule has 2 aromatic rings. The standard InChI is InChI=1S/C34H48N4O9P/c1-25(2)36-15-8-10-28(20-36)33(39)43-23-46-48(41,47-24-44-34(40)29-11-9-16-37(21-29)26(3)4)45-22-38-19-27(14-17-35(5)6)31-18-30(42-7)12-13-32(31)38/h8-9,12-13,15-16,18-21,25-26,41H,10-11,14,17,22-24H2,1-7H3/q+1. The lowest BCUT2D eigenvalue weighted by Crippen LogP contribution is -2.24. The first-order chi connectivity index (χ1) is 22.9. The van der Waals surface area contributed by atoms with Crippen LogP contribution in [0.15, 0.2) is 72.5 Å². The maximum absolute atomic E-state index is 12.8. The van der Waals surface area contributed by atoms with E-state index in [1.165, 1.54) is 0 Å². The minimum atomic E-state index is -4.19. The van der Waals surface area contributed by atoms with Gasteiger partial charge in [-0.1, -0.05) is 12.2 Å². The number of hydrogen-bond donors (Lipinski definition) is 1. The number of esters is 2. The molecule has 0 bridgehead atoms. The molecule has 3 heterocycles. The number of aromatic nitrogens is 1. The molecular formula is C34H48N4O9P+. The maximum atomic E-state index is 12.8. The number of rotatable bonds is 17. The fourth-order valence-electron chi connectivity index (χ4n) is 4.92. The lowest BCUT2D eigenvalue weighted by Gasteiger charge is -2.24. The van der Waals surface area contributed by atoms with Crippen LogP contribution in [0.4, 0.5) is 0 Å². The van der Waals surface area contributed by atoms with Gasteiger partial charge in [0.05, 0.1) is 23.8 Å². The van der Waals surface area contributed by atoms with Crippen molar-refractivity contribution < 1.29 is 42.3 Å². The Morgan fingerprint density at radius 3 is 1.96 bits per heavy atom. The molecule has 14 heteroatoms. The molecule has 0 fully saturated rings. The van der Waals surface area contributed by atoms with Crippen molar-refractivity contribution in [2.45, 2.75) is 65.8 Å². The molecule has 0 amide bonds. The van der Waals surface area contributed by atoms with E-state index in [0.717, 1.165) is 29.4 Å². The quantitative estimate of drug-likeness (QED) is 0.129. The molecule has 2 aliphatic heterocycles. The molecule has 0 unspecified atom stereocenters. The van der Waals surface area contributed by atoms with Crippen molar-refractivity contribution >= 4 is 31.0 Å². The minimum Gasteiger partial charge on any atom is -0.497 e. The monoisotopic (exact) mass is 687 g/mol. The Labute approximate surface area is 283 Å². The van der Waals surface area contributed by atoms with Crippen molar-refractivity contribution in [3.05, 3.63) is 78.1 Å². The van der Waals surface area contributed by atoms with Gasteiger partial charge in [-0.15, -0.1) is 13.6 Å². The van der Waals surface area contributed by atoms with E-state index in [1.54, 1.807) is 19.5 Å². The summed E-state index contributed by atoms with van der Waals surface area (Å²) in [6.45, 7) is 7.34. The highest BCUT2D eigenvalue weighted by molar-refractivity contribution is 7.55. The molecule has 13 nitrogen and oxygen atoms in total. The third-order valence-electron chi connectivity index (χ3n) is 7.73. The number of methoxy groups -OCH3 is 1. The zero-order valence-corrected chi connectivity index (χ0v) is 29.7. The second kappa shape index (κ2) is 17.1. The molecule has 0 aliphatic carbocycles. The normalized spacial score (nSPS) is 15.1. The van der Waals surface area contributed by atoms with Crippen LogP contribution in [0, 0.1) is 0 Å². The van der Waals surface area contributed by atoms with Crippen LogP contribution < -0.4 is 4.74 Å². The van der Waals surface area contributed by atoms with Crippen molar-refractivity contribution in [1.82, 2.24) is 19.3 Å². The summed E-state index contributed by atoms with van der Waals surface area (Å²) in [5.41, 5.74) is 2.76. The van der Waals surface area contributed by atoms with Crippen molar-refractivity contribution in [2.24, 2.45) is 0 Å². The van der Waals surface area contributed by atoms with Crippen LogP contribution in [-0.2, 0) is 45.8 Å². The van der Waals surface area contributed by atoms with Crippen LogP contribution in [-0.4, -0.2) is 89.5 Å². The summed E-state index contributed by atoms with van der Waals surface area (Å²) in [4.78, 5) is 42.9. The maximum Gasteiger partial charge on any atom is 0.581 e. The van der Waals surface area contributed by atoms with Crippen LogP contribution in [0.25, 0.3) is 10.9 Å². The Hall–Kier alpha value is -3.71. The van der Waals surface area contributed by atoms with Gasteiger partial charge in [0.25, 0.3) is 0 Å². The van der Waals surface area contributed by atoms with E-state index in [0.29, 0.717) is 29.7 Å². The number of ether oxygens (including phenoxy) is 3. The highest BCUT2D eigenvalue weighted by Gasteiger charge is 2.47. The van der Waals surface area contributed by atoms with Crippen molar-refractivity contribution in [2.75, 3.05) is 41.3 Å². The Morgan fingerprint density at radius 2 is 1.46 bits per heavy atom. The number of carbonyl (C=O) groups is 2. The van der Waals surface area contributed by atoms with Crippen molar-refractivity contribution in [3.63, 3.8) is 0 Å². The van der Waals surface area contributed by atoms with Crippen LogP contribution in [0.5, 0.6) is 5.75 Å². The fourth-order valence-corrected chi connectivity index (χ4v) is 5.79. The van der Waals surface area contributed by atoms with E-state index in [4.69, 9.17) is 27.8 Å². The largest absolute Gasteiger partial charge is 0.581 e. The Kier molecular flexibility index (Phi) is 13.2. The molecule has 262 valence electrons. The van der Waals surface area contributed by atoms with E-state index in [2.05, 4.69) is 4.90 Å². The summed E-state index contributed by atoms with van der Waals surface area (Å²) in [5.74, 6) is -0.497. The van der Waals surface area contributed by atoms with Crippen LogP contribution in [0.1, 0.15) is 46.1 Å². The third-order valence-corrected chi connectivity index (χ3v) is 9.03. The van der Waals surface area contributed by atoms with Gasteiger partial charge in [0.15, 0.2) is 6.73 Å². The van der Waals surface area contributed by atoms with Crippen LogP contribution in [0.2, 0.25) is 0 Å². The number of likely N-dealkylation sites (N-methyl/N-ethyl adjacent to an activating group) is 1. The zero-order valence-electron chi connectivity index (χ0n) is 28.8. The number of benzene rings is 1.